The van der Waals surface area contributed by atoms with Gasteiger partial charge >= 0.3 is 0 Å². The molecule has 0 amide bonds. The van der Waals surface area contributed by atoms with Gasteiger partial charge < -0.3 is 25.7 Å². The van der Waals surface area contributed by atoms with Crippen LogP contribution in [0.4, 0.5) is 0 Å². The third-order valence-corrected chi connectivity index (χ3v) is 7.21. The van der Waals surface area contributed by atoms with Gasteiger partial charge in [-0.05, 0) is 36.8 Å². The maximum Gasteiger partial charge on any atom is 0.256 e. The summed E-state index contributed by atoms with van der Waals surface area (Å²) in [5.41, 5.74) is 18.2. The molecule has 2 aliphatic heterocycles. The fourth-order valence-electron chi connectivity index (χ4n) is 4.66. The van der Waals surface area contributed by atoms with Crippen molar-refractivity contribution in [3.05, 3.63) is 71.9 Å². The smallest absolute Gasteiger partial charge is 0.256 e. The van der Waals surface area contributed by atoms with Crippen molar-refractivity contribution >= 4 is 17.4 Å². The molecule has 0 unspecified atom stereocenters. The molecule has 0 radical (unpaired) electrons. The van der Waals surface area contributed by atoms with E-state index in [-0.39, 0.29) is 11.2 Å². The van der Waals surface area contributed by atoms with Gasteiger partial charge in [0, 0.05) is 30.7 Å². The van der Waals surface area contributed by atoms with Gasteiger partial charge in [-0.2, -0.15) is 4.98 Å². The first-order chi connectivity index (χ1) is 16.5. The number of hydrogen-bond donors (Lipinski definition) is 3. The number of hydrogen-bond acceptors (Lipinski definition) is 9. The number of nitrogens with zero attached hydrogens (tertiary/aromatic N) is 4. The molecule has 3 heterocycles. The van der Waals surface area contributed by atoms with Gasteiger partial charge in [0.05, 0.1) is 30.2 Å². The van der Waals surface area contributed by atoms with Crippen LogP contribution in [0.15, 0.2) is 58.6 Å². The summed E-state index contributed by atoms with van der Waals surface area (Å²) < 4.78 is 11.1. The van der Waals surface area contributed by atoms with Gasteiger partial charge in [-0.3, -0.25) is 0 Å². The lowest BCUT2D eigenvalue weighted by molar-refractivity contribution is -0.0597. The van der Waals surface area contributed by atoms with Gasteiger partial charge in [-0.1, -0.05) is 42.4 Å². The number of allylic oxidation sites excluding steroid dienone is 1. The number of nitrogens with two attached hydrogens (primary N) is 2. The Labute approximate surface area is 199 Å². The van der Waals surface area contributed by atoms with Crippen molar-refractivity contribution in [1.29, 1.82) is 0 Å². The van der Waals surface area contributed by atoms with E-state index >= 15 is 0 Å². The zero-order valence-corrected chi connectivity index (χ0v) is 19.4. The Morgan fingerprint density at radius 3 is 2.65 bits per heavy atom. The highest BCUT2D eigenvalue weighted by molar-refractivity contribution is 6.09. The van der Waals surface area contributed by atoms with E-state index in [2.05, 4.69) is 52.4 Å². The van der Waals surface area contributed by atoms with Gasteiger partial charge in [0.25, 0.3) is 5.89 Å². The van der Waals surface area contributed by atoms with E-state index in [9.17, 15) is 0 Å². The van der Waals surface area contributed by atoms with Crippen LogP contribution in [0.2, 0.25) is 0 Å². The van der Waals surface area contributed by atoms with E-state index in [1.54, 1.807) is 6.21 Å². The van der Waals surface area contributed by atoms with Gasteiger partial charge in [0.1, 0.15) is 5.82 Å². The van der Waals surface area contributed by atoms with Crippen molar-refractivity contribution in [2.24, 2.45) is 22.4 Å². The molecule has 5 N–H and O–H groups in total. The normalized spacial score (nSPS) is 21.3. The fourth-order valence-corrected chi connectivity index (χ4v) is 4.66. The molecule has 0 bridgehead atoms. The van der Waals surface area contributed by atoms with Gasteiger partial charge in [-0.15, -0.1) is 0 Å². The van der Waals surface area contributed by atoms with Crippen molar-refractivity contribution in [2.75, 3.05) is 19.8 Å². The number of hydrazine groups is 1. The molecule has 3 aliphatic rings. The number of benzene rings is 1. The molecule has 1 aromatic heterocycles. The van der Waals surface area contributed by atoms with Crippen LogP contribution in [0.25, 0.3) is 11.1 Å². The van der Waals surface area contributed by atoms with E-state index in [0.29, 0.717) is 24.4 Å². The Kier molecular flexibility index (Phi) is 5.97. The molecular formula is C25H31N7O2. The molecule has 9 heteroatoms. The van der Waals surface area contributed by atoms with Gasteiger partial charge in [0.15, 0.2) is 5.82 Å². The molecule has 34 heavy (non-hydrogen) atoms. The predicted molar refractivity (Wildman–Crippen MR) is 131 cm³/mol. The Morgan fingerprint density at radius 2 is 2.06 bits per heavy atom. The first-order valence-corrected chi connectivity index (χ1v) is 11.6. The molecular weight excluding hydrogens is 430 g/mol. The summed E-state index contributed by atoms with van der Waals surface area (Å²) in [5.74, 6) is 1.98. The summed E-state index contributed by atoms with van der Waals surface area (Å²) in [5, 5.41) is 6.55. The van der Waals surface area contributed by atoms with Crippen LogP contribution in [0.3, 0.4) is 0 Å². The van der Waals surface area contributed by atoms with Crippen LogP contribution in [-0.4, -0.2) is 47.2 Å². The zero-order valence-electron chi connectivity index (χ0n) is 19.4. The molecule has 9 nitrogen and oxygen atoms in total. The minimum absolute atomic E-state index is 0.234. The van der Waals surface area contributed by atoms with E-state index in [0.717, 1.165) is 54.2 Å². The highest BCUT2D eigenvalue weighted by atomic mass is 16.5. The third-order valence-electron chi connectivity index (χ3n) is 7.21. The molecule has 5 rings (SSSR count). The van der Waals surface area contributed by atoms with Crippen molar-refractivity contribution in [3.63, 3.8) is 0 Å². The summed E-state index contributed by atoms with van der Waals surface area (Å²) >= 11 is 0. The first-order valence-electron chi connectivity index (χ1n) is 11.6. The number of nitrogens with one attached hydrogen (secondary N) is 1. The molecule has 1 saturated heterocycles. The Balaban J connectivity index is 1.42. The van der Waals surface area contributed by atoms with Crippen LogP contribution < -0.4 is 16.9 Å². The summed E-state index contributed by atoms with van der Waals surface area (Å²) in [6, 6.07) is 8.68. The van der Waals surface area contributed by atoms with Crippen molar-refractivity contribution in [3.8, 4) is 0 Å². The topological polar surface area (TPSA) is 128 Å². The third kappa shape index (κ3) is 4.01. The molecule has 1 aromatic carbocycles. The predicted octanol–water partition coefficient (Wildman–Crippen LogP) is 2.54. The molecule has 1 atom stereocenters. The number of rotatable bonds is 8. The molecule has 2 aromatic rings. The second kappa shape index (κ2) is 9.08. The van der Waals surface area contributed by atoms with E-state index < -0.39 is 0 Å². The Bertz CT molecular complexity index is 1140. The molecule has 1 aliphatic carbocycles. The average Bonchev–Trinajstić information content (AvgIpc) is 3.42. The number of ether oxygens (including phenoxy) is 1. The van der Waals surface area contributed by atoms with Gasteiger partial charge in [-0.25, -0.2) is 10.4 Å². The minimum atomic E-state index is -0.348. The largest absolute Gasteiger partial charge is 0.404 e. The summed E-state index contributed by atoms with van der Waals surface area (Å²) in [6.45, 7) is 7.94. The zero-order chi connectivity index (χ0) is 23.7. The Hall–Kier alpha value is -3.43. The second-order valence-electron chi connectivity index (χ2n) is 9.29. The van der Waals surface area contributed by atoms with E-state index in [1.165, 1.54) is 12.6 Å². The van der Waals surface area contributed by atoms with Crippen LogP contribution in [0.5, 0.6) is 0 Å². The maximum absolute atomic E-state index is 5.81. The highest BCUT2D eigenvalue weighted by Crippen LogP contribution is 2.47. The fraction of sp³-hybridized carbons (Fsp3) is 0.400. The molecule has 2 fully saturated rings. The van der Waals surface area contributed by atoms with Crippen molar-refractivity contribution in [2.45, 2.75) is 37.6 Å². The lowest BCUT2D eigenvalue weighted by atomic mass is 9.62. The van der Waals surface area contributed by atoms with Crippen LogP contribution in [0.1, 0.15) is 49.0 Å². The highest BCUT2D eigenvalue weighted by Gasteiger charge is 2.44. The van der Waals surface area contributed by atoms with E-state index in [1.807, 2.05) is 12.1 Å². The quantitative estimate of drug-likeness (QED) is 0.512. The average molecular weight is 462 g/mol. The second-order valence-corrected chi connectivity index (χ2v) is 9.29. The molecule has 1 saturated carbocycles. The first kappa shape index (κ1) is 22.4. The summed E-state index contributed by atoms with van der Waals surface area (Å²) in [6.07, 6.45) is 8.69. The summed E-state index contributed by atoms with van der Waals surface area (Å²) in [7, 11) is 0. The van der Waals surface area contributed by atoms with Crippen LogP contribution in [-0.2, 0) is 10.2 Å². The van der Waals surface area contributed by atoms with E-state index in [4.69, 9.17) is 25.7 Å². The lowest BCUT2D eigenvalue weighted by Gasteiger charge is -2.41. The van der Waals surface area contributed by atoms with Crippen LogP contribution >= 0.6 is 0 Å². The monoisotopic (exact) mass is 461 g/mol. The molecule has 0 spiro atoms. The molecule has 178 valence electrons. The summed E-state index contributed by atoms with van der Waals surface area (Å²) in [4.78, 5) is 8.95. The number of aromatic nitrogens is 2. The lowest BCUT2D eigenvalue weighted by Crippen LogP contribution is -2.50. The van der Waals surface area contributed by atoms with Crippen LogP contribution in [0, 0.1) is 5.92 Å². The minimum Gasteiger partial charge on any atom is -0.404 e. The van der Waals surface area contributed by atoms with Crippen molar-refractivity contribution < 1.29 is 9.26 Å². The number of aliphatic imine (C=N–C) groups is 1. The SMILES string of the molecule is C=C(N)N=C/C(=C\N)c1ccc([C@](C)(c2noc(C3=CN(C4COC4)NC3)n2)C2CCC2)cc1. The Morgan fingerprint density at radius 1 is 1.29 bits per heavy atom. The standard InChI is InChI=1S/C25H31N7O2/c1-16(27)28-11-18(10-26)17-6-8-21(9-7-17)25(2,20-4-3-5-20)24-30-23(34-31-24)19-12-29-32(13-19)22-14-33-15-22/h6-11,13,20,22,29H,1,3-5,12,14-15,26-27H2,2H3/b18-10+,28-11?/t25-/m1/s1. The maximum atomic E-state index is 5.81. The van der Waals surface area contributed by atoms with Crippen molar-refractivity contribution in [1.82, 2.24) is 20.6 Å². The van der Waals surface area contributed by atoms with Gasteiger partial charge in [0.2, 0.25) is 0 Å².